The predicted octanol–water partition coefficient (Wildman–Crippen LogP) is 0.417. The first-order valence-corrected chi connectivity index (χ1v) is 3.91. The van der Waals surface area contributed by atoms with Gasteiger partial charge in [0, 0.05) is 12.5 Å². The van der Waals surface area contributed by atoms with E-state index in [0.29, 0.717) is 0 Å². The zero-order valence-electron chi connectivity index (χ0n) is 7.63. The van der Waals surface area contributed by atoms with Crippen molar-refractivity contribution in [1.29, 1.82) is 0 Å². The maximum Gasteiger partial charge on any atom is 0.321 e. The van der Waals surface area contributed by atoms with Gasteiger partial charge in [-0.25, -0.2) is 0 Å². The van der Waals surface area contributed by atoms with Crippen LogP contribution in [0.4, 0.5) is 0 Å². The molecule has 0 aromatic rings. The third kappa shape index (κ3) is 4.85. The molecule has 0 rings (SSSR count). The van der Waals surface area contributed by atoms with Crippen molar-refractivity contribution >= 4 is 11.8 Å². The van der Waals surface area contributed by atoms with Crippen LogP contribution < -0.4 is 5.32 Å². The summed E-state index contributed by atoms with van der Waals surface area (Å²) in [5, 5.41) is 11.4. The van der Waals surface area contributed by atoms with Gasteiger partial charge in [0.05, 0.1) is 0 Å². The van der Waals surface area contributed by atoms with Crippen LogP contribution in [0.5, 0.6) is 0 Å². The molecule has 70 valence electrons. The van der Waals surface area contributed by atoms with E-state index in [9.17, 15) is 9.59 Å². The summed E-state index contributed by atoms with van der Waals surface area (Å²) in [5.74, 6) is -1.09. The van der Waals surface area contributed by atoms with Crippen molar-refractivity contribution in [2.45, 2.75) is 39.3 Å². The number of hydrogen-bond donors (Lipinski definition) is 2. The SMILES string of the molecule is CC(=O)C[C@@H](NC(C)C)C(=O)O. The monoisotopic (exact) mass is 173 g/mol. The highest BCUT2D eigenvalue weighted by molar-refractivity contribution is 5.84. The molecule has 0 heterocycles. The third-order valence-electron chi connectivity index (χ3n) is 1.32. The number of nitrogens with one attached hydrogen (secondary N) is 1. The van der Waals surface area contributed by atoms with Crippen molar-refractivity contribution < 1.29 is 14.7 Å². The fourth-order valence-electron chi connectivity index (χ4n) is 0.907. The molecule has 0 aromatic heterocycles. The van der Waals surface area contributed by atoms with E-state index in [4.69, 9.17) is 5.11 Å². The van der Waals surface area contributed by atoms with Gasteiger partial charge in [0.15, 0.2) is 0 Å². The first kappa shape index (κ1) is 11.1. The molecule has 0 aliphatic heterocycles. The lowest BCUT2D eigenvalue weighted by atomic mass is 10.1. The summed E-state index contributed by atoms with van der Waals surface area (Å²) in [6.45, 7) is 5.07. The second kappa shape index (κ2) is 4.87. The number of carboxylic acids is 1. The first-order valence-electron chi connectivity index (χ1n) is 3.91. The van der Waals surface area contributed by atoms with E-state index in [1.807, 2.05) is 13.8 Å². The maximum absolute atomic E-state index is 10.6. The van der Waals surface area contributed by atoms with E-state index in [0.717, 1.165) is 0 Å². The number of carbonyl (C=O) groups excluding carboxylic acids is 1. The highest BCUT2D eigenvalue weighted by Crippen LogP contribution is 1.95. The van der Waals surface area contributed by atoms with Gasteiger partial charge in [-0.15, -0.1) is 0 Å². The van der Waals surface area contributed by atoms with Gasteiger partial charge in [-0.1, -0.05) is 13.8 Å². The lowest BCUT2D eigenvalue weighted by Gasteiger charge is -2.15. The van der Waals surface area contributed by atoms with Crippen molar-refractivity contribution in [2.24, 2.45) is 0 Å². The summed E-state index contributed by atoms with van der Waals surface area (Å²) in [6.07, 6.45) is 0.0491. The molecule has 0 aliphatic carbocycles. The maximum atomic E-state index is 10.6. The number of hydrogen-bond acceptors (Lipinski definition) is 3. The molecule has 0 saturated carbocycles. The normalized spacial score (nSPS) is 13.0. The quantitative estimate of drug-likeness (QED) is 0.632. The minimum absolute atomic E-state index is 0.0491. The van der Waals surface area contributed by atoms with Crippen molar-refractivity contribution in [2.75, 3.05) is 0 Å². The van der Waals surface area contributed by atoms with E-state index in [1.165, 1.54) is 6.92 Å². The van der Waals surface area contributed by atoms with Gasteiger partial charge in [-0.2, -0.15) is 0 Å². The first-order chi connectivity index (χ1) is 5.43. The van der Waals surface area contributed by atoms with Crippen LogP contribution >= 0.6 is 0 Å². The van der Waals surface area contributed by atoms with Crippen molar-refractivity contribution in [3.05, 3.63) is 0 Å². The second-order valence-corrected chi connectivity index (χ2v) is 3.12. The minimum atomic E-state index is -0.973. The molecule has 0 spiro atoms. The molecular weight excluding hydrogens is 158 g/mol. The zero-order valence-corrected chi connectivity index (χ0v) is 7.63. The molecule has 2 N–H and O–H groups in total. The van der Waals surface area contributed by atoms with E-state index in [1.54, 1.807) is 0 Å². The highest BCUT2D eigenvalue weighted by atomic mass is 16.4. The standard InChI is InChI=1S/C8H15NO3/c1-5(2)9-7(8(11)12)4-6(3)10/h5,7,9H,4H2,1-3H3,(H,11,12)/t7-/m1/s1. The summed E-state index contributed by atoms with van der Waals surface area (Å²) in [6, 6.07) is -0.673. The van der Waals surface area contributed by atoms with E-state index < -0.39 is 12.0 Å². The molecule has 0 aromatic carbocycles. The summed E-state index contributed by atoms with van der Waals surface area (Å²) in [4.78, 5) is 21.2. The van der Waals surface area contributed by atoms with Crippen LogP contribution in [0, 0.1) is 0 Å². The van der Waals surface area contributed by atoms with Crippen LogP contribution in [0.15, 0.2) is 0 Å². The lowest BCUT2D eigenvalue weighted by molar-refractivity contribution is -0.141. The topological polar surface area (TPSA) is 66.4 Å². The van der Waals surface area contributed by atoms with Crippen LogP contribution in [0.1, 0.15) is 27.2 Å². The lowest BCUT2D eigenvalue weighted by Crippen LogP contribution is -2.41. The molecule has 0 amide bonds. The second-order valence-electron chi connectivity index (χ2n) is 3.12. The number of aliphatic carboxylic acids is 1. The Morgan fingerprint density at radius 1 is 1.42 bits per heavy atom. The Bertz CT molecular complexity index is 177. The van der Waals surface area contributed by atoms with E-state index in [-0.39, 0.29) is 18.2 Å². The van der Waals surface area contributed by atoms with E-state index in [2.05, 4.69) is 5.32 Å². The molecule has 4 nitrogen and oxygen atoms in total. The van der Waals surface area contributed by atoms with E-state index >= 15 is 0 Å². The average molecular weight is 173 g/mol. The van der Waals surface area contributed by atoms with Gasteiger partial charge in [0.25, 0.3) is 0 Å². The van der Waals surface area contributed by atoms with Gasteiger partial charge >= 0.3 is 5.97 Å². The van der Waals surface area contributed by atoms with Gasteiger partial charge in [-0.05, 0) is 6.92 Å². The van der Waals surface area contributed by atoms with Gasteiger partial charge in [-0.3, -0.25) is 9.59 Å². The predicted molar refractivity (Wildman–Crippen MR) is 45.0 cm³/mol. The summed E-state index contributed by atoms with van der Waals surface area (Å²) < 4.78 is 0. The largest absolute Gasteiger partial charge is 0.480 e. The Morgan fingerprint density at radius 3 is 2.17 bits per heavy atom. The third-order valence-corrected chi connectivity index (χ3v) is 1.32. The number of carboxylic acid groups (broad SMARTS) is 1. The Balaban J connectivity index is 4.04. The molecule has 0 bridgehead atoms. The molecule has 12 heavy (non-hydrogen) atoms. The number of ketones is 1. The number of Topliss-reactive ketones (excluding diaryl/α,β-unsaturated/α-hetero) is 1. The summed E-state index contributed by atoms with van der Waals surface area (Å²) in [5.41, 5.74) is 0. The van der Waals surface area contributed by atoms with Crippen molar-refractivity contribution in [3.63, 3.8) is 0 Å². The van der Waals surface area contributed by atoms with Crippen molar-refractivity contribution in [1.82, 2.24) is 5.32 Å². The Kier molecular flexibility index (Phi) is 4.51. The Morgan fingerprint density at radius 2 is 1.92 bits per heavy atom. The highest BCUT2D eigenvalue weighted by Gasteiger charge is 2.19. The fraction of sp³-hybridized carbons (Fsp3) is 0.750. The Labute approximate surface area is 72.0 Å². The van der Waals surface area contributed by atoms with Crippen LogP contribution in [-0.2, 0) is 9.59 Å². The zero-order chi connectivity index (χ0) is 9.72. The smallest absolute Gasteiger partial charge is 0.321 e. The van der Waals surface area contributed by atoms with Crippen LogP contribution in [0.3, 0.4) is 0 Å². The van der Waals surface area contributed by atoms with Gasteiger partial charge < -0.3 is 10.4 Å². The van der Waals surface area contributed by atoms with Crippen LogP contribution in [-0.4, -0.2) is 28.9 Å². The molecule has 0 aliphatic rings. The fourth-order valence-corrected chi connectivity index (χ4v) is 0.907. The van der Waals surface area contributed by atoms with Crippen LogP contribution in [0.2, 0.25) is 0 Å². The van der Waals surface area contributed by atoms with Gasteiger partial charge in [0.1, 0.15) is 11.8 Å². The molecular formula is C8H15NO3. The molecule has 0 fully saturated rings. The number of carbonyl (C=O) groups is 2. The number of rotatable bonds is 5. The molecule has 0 radical (unpaired) electrons. The molecule has 1 atom stereocenters. The van der Waals surface area contributed by atoms with Crippen molar-refractivity contribution in [3.8, 4) is 0 Å². The molecule has 4 heteroatoms. The summed E-state index contributed by atoms with van der Waals surface area (Å²) >= 11 is 0. The van der Waals surface area contributed by atoms with Gasteiger partial charge in [0.2, 0.25) is 0 Å². The molecule has 0 unspecified atom stereocenters. The summed E-state index contributed by atoms with van der Waals surface area (Å²) in [7, 11) is 0. The average Bonchev–Trinajstić information content (AvgIpc) is 1.83. The van der Waals surface area contributed by atoms with Crippen LogP contribution in [0.25, 0.3) is 0 Å². The molecule has 0 saturated heterocycles. The Hall–Kier alpha value is -0.900. The minimum Gasteiger partial charge on any atom is -0.480 e.